The minimum absolute atomic E-state index is 0.0882. The fraction of sp³-hybridized carbons (Fsp3) is 0.0833. The van der Waals surface area contributed by atoms with Crippen molar-refractivity contribution in [2.45, 2.75) is 13.8 Å². The first-order chi connectivity index (χ1) is 14.5. The lowest BCUT2D eigenvalue weighted by atomic mass is 10.0. The maximum atomic E-state index is 12.7. The molecule has 0 aliphatic carbocycles. The van der Waals surface area contributed by atoms with Crippen molar-refractivity contribution in [3.8, 4) is 11.4 Å². The topological polar surface area (TPSA) is 66.6 Å². The molecule has 0 saturated heterocycles. The predicted molar refractivity (Wildman–Crippen MR) is 121 cm³/mol. The number of hydrogen-bond donors (Lipinski definition) is 2. The number of benzene rings is 3. The molecular weight excluding hydrogens is 398 g/mol. The molecule has 4 aromatic rings. The zero-order chi connectivity index (χ0) is 21.3. The highest BCUT2D eigenvalue weighted by atomic mass is 35.5. The highest BCUT2D eigenvalue weighted by molar-refractivity contribution is 6.34. The van der Waals surface area contributed by atoms with Crippen LogP contribution in [0.5, 0.6) is 5.75 Å². The molecule has 0 bridgehead atoms. The van der Waals surface area contributed by atoms with E-state index < -0.39 is 5.91 Å². The molecule has 0 fully saturated rings. The van der Waals surface area contributed by atoms with Crippen molar-refractivity contribution >= 4 is 34.5 Å². The number of rotatable bonds is 4. The molecule has 1 aromatic heterocycles. The number of amides is 1. The lowest BCUT2D eigenvalue weighted by molar-refractivity contribution is 0.0955. The third-order valence-corrected chi connectivity index (χ3v) is 5.36. The fourth-order valence-corrected chi connectivity index (χ4v) is 3.74. The van der Waals surface area contributed by atoms with Gasteiger partial charge in [0.15, 0.2) is 0 Å². The average Bonchev–Trinajstić information content (AvgIpc) is 3.08. The summed E-state index contributed by atoms with van der Waals surface area (Å²) in [5, 5.41) is 16.4. The lowest BCUT2D eigenvalue weighted by Crippen LogP contribution is -2.18. The third kappa shape index (κ3) is 3.67. The Morgan fingerprint density at radius 1 is 1.03 bits per heavy atom. The van der Waals surface area contributed by atoms with Crippen molar-refractivity contribution in [1.82, 2.24) is 9.99 Å². The van der Waals surface area contributed by atoms with Gasteiger partial charge in [0.25, 0.3) is 5.91 Å². The van der Waals surface area contributed by atoms with E-state index in [0.717, 1.165) is 27.8 Å². The molecular formula is C24H20ClN3O2. The van der Waals surface area contributed by atoms with E-state index in [1.165, 1.54) is 6.21 Å². The van der Waals surface area contributed by atoms with E-state index in [1.807, 2.05) is 66.9 Å². The van der Waals surface area contributed by atoms with Gasteiger partial charge in [0.05, 0.1) is 16.8 Å². The molecule has 0 atom stereocenters. The lowest BCUT2D eigenvalue weighted by Gasteiger charge is -2.12. The Hall–Kier alpha value is -3.57. The number of phenolic OH excluding ortho intramolecular Hbond substituents is 1. The van der Waals surface area contributed by atoms with E-state index >= 15 is 0 Å². The zero-order valence-corrected chi connectivity index (χ0v) is 17.3. The molecule has 5 nitrogen and oxygen atoms in total. The Labute approximate surface area is 179 Å². The van der Waals surface area contributed by atoms with Gasteiger partial charge in [0, 0.05) is 22.6 Å². The first kappa shape index (κ1) is 19.7. The number of hydrogen-bond acceptors (Lipinski definition) is 3. The van der Waals surface area contributed by atoms with Gasteiger partial charge in [-0.1, -0.05) is 41.9 Å². The van der Waals surface area contributed by atoms with Gasteiger partial charge in [-0.25, -0.2) is 5.43 Å². The summed E-state index contributed by atoms with van der Waals surface area (Å²) in [6.07, 6.45) is 1.44. The van der Waals surface area contributed by atoms with Gasteiger partial charge < -0.3 is 9.67 Å². The highest BCUT2D eigenvalue weighted by Crippen LogP contribution is 2.26. The molecule has 3 aromatic carbocycles. The summed E-state index contributed by atoms with van der Waals surface area (Å²) in [6.45, 7) is 4.00. The summed E-state index contributed by atoms with van der Waals surface area (Å²) in [6, 6.07) is 20.4. The van der Waals surface area contributed by atoms with Crippen molar-refractivity contribution in [2.75, 3.05) is 0 Å². The zero-order valence-electron chi connectivity index (χ0n) is 16.6. The smallest absolute Gasteiger partial charge is 0.272 e. The van der Waals surface area contributed by atoms with Gasteiger partial charge >= 0.3 is 0 Å². The van der Waals surface area contributed by atoms with Crippen LogP contribution in [0.2, 0.25) is 5.02 Å². The molecule has 2 N–H and O–H groups in total. The van der Waals surface area contributed by atoms with Crippen LogP contribution in [0.3, 0.4) is 0 Å². The molecule has 30 heavy (non-hydrogen) atoms. The molecule has 0 aliphatic rings. The second kappa shape index (κ2) is 8.05. The van der Waals surface area contributed by atoms with E-state index in [0.29, 0.717) is 16.1 Å². The number of carbonyl (C=O) groups excluding carboxylic acids is 1. The van der Waals surface area contributed by atoms with Crippen LogP contribution in [0.1, 0.15) is 27.3 Å². The van der Waals surface area contributed by atoms with E-state index in [9.17, 15) is 9.90 Å². The number of carbonyl (C=O) groups is 1. The number of aromatic nitrogens is 1. The minimum Gasteiger partial charge on any atom is -0.507 e. The maximum Gasteiger partial charge on any atom is 0.272 e. The number of halogens is 1. The van der Waals surface area contributed by atoms with Crippen LogP contribution in [0.15, 0.2) is 71.8 Å². The van der Waals surface area contributed by atoms with Crippen molar-refractivity contribution in [3.63, 3.8) is 0 Å². The molecule has 150 valence electrons. The quantitative estimate of drug-likeness (QED) is 0.346. The molecule has 0 saturated carbocycles. The number of aromatic hydroxyl groups is 1. The summed E-state index contributed by atoms with van der Waals surface area (Å²) in [5.41, 5.74) is 6.33. The summed E-state index contributed by atoms with van der Waals surface area (Å²) < 4.78 is 2.05. The van der Waals surface area contributed by atoms with Crippen molar-refractivity contribution < 1.29 is 9.90 Å². The molecule has 0 aliphatic heterocycles. The normalized spacial score (nSPS) is 11.3. The largest absolute Gasteiger partial charge is 0.507 e. The monoisotopic (exact) mass is 417 g/mol. The molecule has 1 amide bonds. The first-order valence-corrected chi connectivity index (χ1v) is 9.82. The summed E-state index contributed by atoms with van der Waals surface area (Å²) in [4.78, 5) is 12.7. The Kier molecular flexibility index (Phi) is 5.29. The van der Waals surface area contributed by atoms with Gasteiger partial charge in [0.1, 0.15) is 5.75 Å². The molecule has 1 heterocycles. The number of nitrogens with zero attached hydrogens (tertiary/aromatic N) is 2. The van der Waals surface area contributed by atoms with Crippen molar-refractivity contribution in [1.29, 1.82) is 0 Å². The van der Waals surface area contributed by atoms with E-state index in [2.05, 4.69) is 10.5 Å². The number of fused-ring (bicyclic) bond motifs is 1. The maximum absolute atomic E-state index is 12.7. The van der Waals surface area contributed by atoms with Gasteiger partial charge in [-0.3, -0.25) is 4.79 Å². The van der Waals surface area contributed by atoms with E-state index in [1.54, 1.807) is 18.2 Å². The van der Waals surface area contributed by atoms with Gasteiger partial charge in [-0.15, -0.1) is 0 Å². The number of phenols is 1. The molecule has 0 unspecified atom stereocenters. The van der Waals surface area contributed by atoms with Crippen molar-refractivity contribution in [2.24, 2.45) is 5.10 Å². The summed E-state index contributed by atoms with van der Waals surface area (Å²) >= 11 is 6.27. The second-order valence-electron chi connectivity index (χ2n) is 7.03. The Balaban J connectivity index is 1.61. The number of nitrogens with one attached hydrogen (secondary N) is 1. The molecule has 4 rings (SSSR count). The number of hydrazone groups is 1. The van der Waals surface area contributed by atoms with Gasteiger partial charge in [-0.2, -0.15) is 5.10 Å². The molecule has 6 heteroatoms. The Morgan fingerprint density at radius 2 is 1.77 bits per heavy atom. The van der Waals surface area contributed by atoms with E-state index in [4.69, 9.17) is 11.6 Å². The standard InChI is InChI=1S/C24H20ClN3O2/c1-15-7-8-16(2)28(15)18-10-11-22(25)20(13-18)24(30)27-26-14-21-19-6-4-3-5-17(19)9-12-23(21)29/h3-14,29H,1-2H3,(H,27,30)/b26-14-. The van der Waals surface area contributed by atoms with Crippen LogP contribution in [0.4, 0.5) is 0 Å². The average molecular weight is 418 g/mol. The van der Waals surface area contributed by atoms with Crippen LogP contribution in [-0.4, -0.2) is 21.8 Å². The van der Waals surface area contributed by atoms with Crippen LogP contribution < -0.4 is 5.43 Å². The van der Waals surface area contributed by atoms with Crippen LogP contribution in [-0.2, 0) is 0 Å². The Morgan fingerprint density at radius 3 is 2.53 bits per heavy atom. The summed E-state index contributed by atoms with van der Waals surface area (Å²) in [5.74, 6) is -0.342. The van der Waals surface area contributed by atoms with E-state index in [-0.39, 0.29) is 5.75 Å². The highest BCUT2D eigenvalue weighted by Gasteiger charge is 2.13. The SMILES string of the molecule is Cc1ccc(C)n1-c1ccc(Cl)c(C(=O)N/N=C\c2c(O)ccc3ccccc23)c1. The van der Waals surface area contributed by atoms with Crippen LogP contribution >= 0.6 is 11.6 Å². The third-order valence-electron chi connectivity index (χ3n) is 5.03. The minimum atomic E-state index is -0.430. The molecule has 0 spiro atoms. The van der Waals surface area contributed by atoms with Crippen LogP contribution in [0.25, 0.3) is 16.5 Å². The van der Waals surface area contributed by atoms with Gasteiger partial charge in [-0.05, 0) is 61.0 Å². The second-order valence-corrected chi connectivity index (χ2v) is 7.44. The first-order valence-electron chi connectivity index (χ1n) is 9.44. The number of aryl methyl sites for hydroxylation is 2. The summed E-state index contributed by atoms with van der Waals surface area (Å²) in [7, 11) is 0. The predicted octanol–water partition coefficient (Wildman–Crippen LogP) is 5.37. The molecule has 0 radical (unpaired) electrons. The van der Waals surface area contributed by atoms with Crippen molar-refractivity contribution in [3.05, 3.63) is 94.3 Å². The van der Waals surface area contributed by atoms with Crippen LogP contribution in [0, 0.1) is 13.8 Å². The van der Waals surface area contributed by atoms with Gasteiger partial charge in [0.2, 0.25) is 0 Å². The Bertz CT molecular complexity index is 1270. The fourth-order valence-electron chi connectivity index (χ4n) is 3.54.